The van der Waals surface area contributed by atoms with Crippen LogP contribution in [0.25, 0.3) is 0 Å². The van der Waals surface area contributed by atoms with E-state index in [2.05, 4.69) is 53.9 Å². The number of nitrogens with zero attached hydrogens (tertiary/aromatic N) is 1. The smallest absolute Gasteiger partial charge is 0.408 e. The number of rotatable bonds is 8. The number of nitrogens with one attached hydrogen (secondary N) is 2. The lowest BCUT2D eigenvalue weighted by molar-refractivity contribution is -0.123. The summed E-state index contributed by atoms with van der Waals surface area (Å²) in [7, 11) is 4.30. The van der Waals surface area contributed by atoms with Gasteiger partial charge in [0.2, 0.25) is 5.91 Å². The fourth-order valence-electron chi connectivity index (χ4n) is 4.39. The molecule has 0 saturated heterocycles. The molecular weight excluding hydrogens is 402 g/mol. The van der Waals surface area contributed by atoms with Gasteiger partial charge in [-0.15, -0.1) is 0 Å². The minimum atomic E-state index is -0.650. The molecule has 2 amide bonds. The van der Waals surface area contributed by atoms with Crippen LogP contribution in [0.5, 0.6) is 0 Å². The topological polar surface area (TPSA) is 70.7 Å². The van der Waals surface area contributed by atoms with Crippen LogP contribution in [0.1, 0.15) is 43.7 Å². The van der Waals surface area contributed by atoms with Crippen molar-refractivity contribution in [2.45, 2.75) is 63.3 Å². The Morgan fingerprint density at radius 1 is 1.00 bits per heavy atom. The number of amides is 2. The van der Waals surface area contributed by atoms with Crippen LogP contribution in [0.15, 0.2) is 60.7 Å². The van der Waals surface area contributed by atoms with Crippen molar-refractivity contribution >= 4 is 12.0 Å². The lowest BCUT2D eigenvalue weighted by Crippen LogP contribution is -2.54. The molecule has 0 heterocycles. The molecule has 172 valence electrons. The molecule has 2 aromatic carbocycles. The Hall–Kier alpha value is -2.86. The summed E-state index contributed by atoms with van der Waals surface area (Å²) in [6.07, 6.45) is 4.28. The molecule has 1 unspecified atom stereocenters. The summed E-state index contributed by atoms with van der Waals surface area (Å²) in [5.41, 5.74) is 2.35. The Morgan fingerprint density at radius 3 is 2.12 bits per heavy atom. The van der Waals surface area contributed by atoms with Crippen LogP contribution in [0.2, 0.25) is 0 Å². The van der Waals surface area contributed by atoms with Crippen molar-refractivity contribution in [3.8, 4) is 0 Å². The summed E-state index contributed by atoms with van der Waals surface area (Å²) in [5.74, 6) is -0.174. The number of hydrogen-bond acceptors (Lipinski definition) is 4. The molecule has 1 aliphatic carbocycles. The van der Waals surface area contributed by atoms with Gasteiger partial charge in [0.15, 0.2) is 0 Å². The number of alkyl carbamates (subject to hydrolysis) is 1. The minimum Gasteiger partial charge on any atom is -0.445 e. The van der Waals surface area contributed by atoms with E-state index in [0.717, 1.165) is 37.7 Å². The maximum Gasteiger partial charge on any atom is 0.408 e. The average molecular weight is 438 g/mol. The van der Waals surface area contributed by atoms with E-state index >= 15 is 0 Å². The second kappa shape index (κ2) is 11.1. The van der Waals surface area contributed by atoms with Gasteiger partial charge in [-0.1, -0.05) is 60.7 Å². The van der Waals surface area contributed by atoms with E-state index in [1.54, 1.807) is 6.92 Å². The Kier molecular flexibility index (Phi) is 8.28. The molecule has 0 spiro atoms. The van der Waals surface area contributed by atoms with Gasteiger partial charge in [0.1, 0.15) is 12.6 Å². The van der Waals surface area contributed by atoms with Crippen molar-refractivity contribution in [3.05, 3.63) is 71.8 Å². The molecule has 0 bridgehead atoms. The molecule has 6 nitrogen and oxygen atoms in total. The summed E-state index contributed by atoms with van der Waals surface area (Å²) in [6, 6.07) is 19.5. The molecule has 1 aliphatic rings. The predicted molar refractivity (Wildman–Crippen MR) is 126 cm³/mol. The summed E-state index contributed by atoms with van der Waals surface area (Å²) in [6.45, 7) is 1.86. The van der Waals surface area contributed by atoms with Crippen LogP contribution in [0.4, 0.5) is 4.79 Å². The lowest BCUT2D eigenvalue weighted by atomic mass is 9.75. The Morgan fingerprint density at radius 2 is 1.56 bits per heavy atom. The highest BCUT2D eigenvalue weighted by molar-refractivity contribution is 5.85. The zero-order valence-electron chi connectivity index (χ0n) is 19.3. The van der Waals surface area contributed by atoms with Gasteiger partial charge in [0, 0.05) is 11.6 Å². The van der Waals surface area contributed by atoms with Crippen molar-refractivity contribution in [1.29, 1.82) is 0 Å². The highest BCUT2D eigenvalue weighted by Crippen LogP contribution is 2.35. The number of benzene rings is 2. The fourth-order valence-corrected chi connectivity index (χ4v) is 4.39. The first-order chi connectivity index (χ1) is 15.4. The maximum atomic E-state index is 12.6. The first kappa shape index (κ1) is 23.8. The van der Waals surface area contributed by atoms with Gasteiger partial charge in [-0.2, -0.15) is 0 Å². The van der Waals surface area contributed by atoms with Crippen LogP contribution in [-0.2, 0) is 22.6 Å². The second-order valence-electron chi connectivity index (χ2n) is 8.99. The number of carbonyl (C=O) groups is 2. The monoisotopic (exact) mass is 437 g/mol. The van der Waals surface area contributed by atoms with E-state index in [9.17, 15) is 9.59 Å². The fraction of sp³-hybridized carbons (Fsp3) is 0.462. The van der Waals surface area contributed by atoms with Crippen molar-refractivity contribution in [1.82, 2.24) is 15.5 Å². The normalized spacial score (nSPS) is 21.6. The molecule has 2 aromatic rings. The van der Waals surface area contributed by atoms with Crippen LogP contribution in [0, 0.1) is 0 Å². The minimum absolute atomic E-state index is 0.105. The first-order valence-corrected chi connectivity index (χ1v) is 11.4. The van der Waals surface area contributed by atoms with Gasteiger partial charge in [0.25, 0.3) is 0 Å². The summed E-state index contributed by atoms with van der Waals surface area (Å²) >= 11 is 0. The summed E-state index contributed by atoms with van der Waals surface area (Å²) in [4.78, 5) is 27.0. The quantitative estimate of drug-likeness (QED) is 0.657. The number of carbonyl (C=O) groups excluding carboxylic acids is 2. The van der Waals surface area contributed by atoms with Gasteiger partial charge in [-0.05, 0) is 64.3 Å². The SMILES string of the molecule is CC(NC(=O)OCc1ccccc1)C(=O)NC1CCC(Cc2ccccc2)(N(C)C)CC1. The van der Waals surface area contributed by atoms with Gasteiger partial charge < -0.3 is 20.3 Å². The zero-order valence-corrected chi connectivity index (χ0v) is 19.3. The summed E-state index contributed by atoms with van der Waals surface area (Å²) in [5, 5.41) is 5.74. The maximum absolute atomic E-state index is 12.6. The van der Waals surface area contributed by atoms with E-state index in [4.69, 9.17) is 4.74 Å². The molecule has 1 saturated carbocycles. The van der Waals surface area contributed by atoms with Crippen LogP contribution >= 0.6 is 0 Å². The molecule has 32 heavy (non-hydrogen) atoms. The zero-order chi connectivity index (χ0) is 23.0. The molecule has 6 heteroatoms. The Balaban J connectivity index is 1.45. The van der Waals surface area contributed by atoms with E-state index in [-0.39, 0.29) is 24.1 Å². The molecule has 0 radical (unpaired) electrons. The van der Waals surface area contributed by atoms with Gasteiger partial charge in [-0.25, -0.2) is 4.79 Å². The Labute approximate surface area is 191 Å². The lowest BCUT2D eigenvalue weighted by Gasteiger charge is -2.45. The van der Waals surface area contributed by atoms with Crippen LogP contribution < -0.4 is 10.6 Å². The van der Waals surface area contributed by atoms with Crippen molar-refractivity contribution in [2.24, 2.45) is 0 Å². The second-order valence-corrected chi connectivity index (χ2v) is 8.99. The molecule has 0 aromatic heterocycles. The largest absolute Gasteiger partial charge is 0.445 e. The average Bonchev–Trinajstić information content (AvgIpc) is 2.80. The van der Waals surface area contributed by atoms with Gasteiger partial charge in [0.05, 0.1) is 0 Å². The van der Waals surface area contributed by atoms with Crippen molar-refractivity contribution in [3.63, 3.8) is 0 Å². The molecule has 0 aliphatic heterocycles. The highest BCUT2D eigenvalue weighted by atomic mass is 16.5. The number of hydrogen-bond donors (Lipinski definition) is 2. The number of ether oxygens (including phenoxy) is 1. The molecular formula is C26H35N3O3. The summed E-state index contributed by atoms with van der Waals surface area (Å²) < 4.78 is 5.21. The van der Waals surface area contributed by atoms with Crippen LogP contribution in [-0.4, -0.2) is 48.6 Å². The van der Waals surface area contributed by atoms with E-state index in [1.807, 2.05) is 36.4 Å². The third-order valence-corrected chi connectivity index (χ3v) is 6.53. The third-order valence-electron chi connectivity index (χ3n) is 6.53. The van der Waals surface area contributed by atoms with E-state index < -0.39 is 12.1 Å². The number of likely N-dealkylation sites (N-methyl/N-ethyl adjacent to an activating group) is 1. The Bertz CT molecular complexity index is 862. The first-order valence-electron chi connectivity index (χ1n) is 11.4. The van der Waals surface area contributed by atoms with Crippen molar-refractivity contribution in [2.75, 3.05) is 14.1 Å². The predicted octanol–water partition coefficient (Wildman–Crippen LogP) is 3.90. The molecule has 1 fully saturated rings. The molecule has 1 atom stereocenters. The van der Waals surface area contributed by atoms with Crippen LogP contribution in [0.3, 0.4) is 0 Å². The molecule has 2 N–H and O–H groups in total. The van der Waals surface area contributed by atoms with E-state index in [1.165, 1.54) is 5.56 Å². The standard InChI is InChI=1S/C26H35N3O3/c1-20(27-25(31)32-19-22-12-8-5-9-13-22)24(30)28-23-14-16-26(17-15-23,29(2)3)18-21-10-6-4-7-11-21/h4-13,20,23H,14-19H2,1-3H3,(H,27,31)(H,28,30). The molecule has 3 rings (SSSR count). The van der Waals surface area contributed by atoms with E-state index in [0.29, 0.717) is 0 Å². The van der Waals surface area contributed by atoms with Gasteiger partial charge >= 0.3 is 6.09 Å². The van der Waals surface area contributed by atoms with Gasteiger partial charge in [-0.3, -0.25) is 4.79 Å². The van der Waals surface area contributed by atoms with Crippen molar-refractivity contribution < 1.29 is 14.3 Å². The highest BCUT2D eigenvalue weighted by Gasteiger charge is 2.38. The third kappa shape index (κ3) is 6.57.